The van der Waals surface area contributed by atoms with Crippen LogP contribution in [0.15, 0.2) is 57.3 Å². The number of carbonyl (C=O) groups excluding carboxylic acids is 1. The number of piperidine rings is 1. The number of rotatable bonds is 5. The van der Waals surface area contributed by atoms with Crippen LogP contribution in [-0.4, -0.2) is 49.4 Å². The van der Waals surface area contributed by atoms with Crippen molar-refractivity contribution >= 4 is 29.2 Å². The van der Waals surface area contributed by atoms with E-state index in [1.165, 1.54) is 24.9 Å². The number of nitrogens with zero attached hydrogens (tertiary/aromatic N) is 6. The molecule has 4 N–H and O–H groups in total. The van der Waals surface area contributed by atoms with Crippen molar-refractivity contribution in [3.63, 3.8) is 0 Å². The van der Waals surface area contributed by atoms with Gasteiger partial charge in [0, 0.05) is 44.6 Å². The molecule has 0 radical (unpaired) electrons. The molecule has 0 amide bonds. The molecule has 3 aromatic heterocycles. The van der Waals surface area contributed by atoms with Crippen LogP contribution in [0.4, 0.5) is 11.6 Å². The van der Waals surface area contributed by atoms with E-state index in [1.54, 1.807) is 12.3 Å². The van der Waals surface area contributed by atoms with Crippen molar-refractivity contribution in [3.05, 3.63) is 59.7 Å². The van der Waals surface area contributed by atoms with Gasteiger partial charge in [-0.05, 0) is 30.8 Å². The van der Waals surface area contributed by atoms with Crippen molar-refractivity contribution in [2.24, 2.45) is 5.73 Å². The van der Waals surface area contributed by atoms with Gasteiger partial charge in [-0.1, -0.05) is 18.2 Å². The normalized spacial score (nSPS) is 17.9. The van der Waals surface area contributed by atoms with Crippen molar-refractivity contribution < 1.29 is 13.9 Å². The second kappa shape index (κ2) is 9.37. The molecule has 12 heteroatoms. The Labute approximate surface area is 223 Å². The number of nitrogen functional groups attached to an aromatic ring is 1. The summed E-state index contributed by atoms with van der Waals surface area (Å²) in [6, 6.07) is 9.42. The topological polar surface area (TPSA) is 159 Å². The lowest BCUT2D eigenvalue weighted by atomic mass is 9.83. The molecule has 5 heterocycles. The predicted molar refractivity (Wildman–Crippen MR) is 141 cm³/mol. The summed E-state index contributed by atoms with van der Waals surface area (Å²) in [5.41, 5.74) is 14.5. The molecule has 2 aliphatic heterocycles. The molecule has 38 heavy (non-hydrogen) atoms. The number of anilines is 2. The van der Waals surface area contributed by atoms with Gasteiger partial charge in [0.15, 0.2) is 17.4 Å². The van der Waals surface area contributed by atoms with Crippen LogP contribution in [0.2, 0.25) is 0 Å². The minimum atomic E-state index is -0.475. The quantitative estimate of drug-likeness (QED) is 0.285. The maximum atomic E-state index is 12.6. The Morgan fingerprint density at radius 3 is 2.63 bits per heavy atom. The SMILES string of the molecule is CC(=O)c1nc(Sc2ccnc(-c3nc(C)co3)n2)c(N)nc1N1CCC2(CC1)Oc1ccccc1[C@H]2N. The number of oxazole rings is 1. The summed E-state index contributed by atoms with van der Waals surface area (Å²) < 4.78 is 11.8. The van der Waals surface area contributed by atoms with Gasteiger partial charge in [-0.15, -0.1) is 0 Å². The number of Topliss-reactive ketones (excluding diaryl/α,β-unsaturated/α-hetero) is 1. The smallest absolute Gasteiger partial charge is 0.265 e. The Hall–Kier alpha value is -4.03. The minimum absolute atomic E-state index is 0.200. The van der Waals surface area contributed by atoms with E-state index in [0.717, 1.165) is 17.0 Å². The number of ether oxygens (including phenoxy) is 1. The first kappa shape index (κ1) is 24.3. The van der Waals surface area contributed by atoms with Gasteiger partial charge in [0.1, 0.15) is 33.4 Å². The molecule has 1 atom stereocenters. The second-order valence-electron chi connectivity index (χ2n) is 9.43. The Kier molecular flexibility index (Phi) is 6.00. The summed E-state index contributed by atoms with van der Waals surface area (Å²) in [6.45, 7) is 4.51. The third-order valence-electron chi connectivity index (χ3n) is 6.89. The van der Waals surface area contributed by atoms with E-state index in [2.05, 4.69) is 24.9 Å². The maximum Gasteiger partial charge on any atom is 0.265 e. The van der Waals surface area contributed by atoms with Crippen LogP contribution in [0.25, 0.3) is 11.7 Å². The van der Waals surface area contributed by atoms with Gasteiger partial charge >= 0.3 is 0 Å². The first-order valence-corrected chi connectivity index (χ1v) is 13.0. The summed E-state index contributed by atoms with van der Waals surface area (Å²) in [6.07, 6.45) is 4.50. The van der Waals surface area contributed by atoms with Gasteiger partial charge in [0.2, 0.25) is 5.82 Å². The Morgan fingerprint density at radius 1 is 1.13 bits per heavy atom. The number of ketones is 1. The fourth-order valence-electron chi connectivity index (χ4n) is 4.92. The van der Waals surface area contributed by atoms with Gasteiger partial charge in [-0.2, -0.15) is 0 Å². The molecule has 0 unspecified atom stereocenters. The zero-order chi connectivity index (χ0) is 26.4. The van der Waals surface area contributed by atoms with Gasteiger partial charge in [0.05, 0.1) is 11.7 Å². The zero-order valence-electron chi connectivity index (χ0n) is 20.9. The van der Waals surface area contributed by atoms with Crippen LogP contribution >= 0.6 is 11.8 Å². The van der Waals surface area contributed by atoms with Gasteiger partial charge in [-0.3, -0.25) is 4.79 Å². The number of aromatic nitrogens is 5. The Balaban J connectivity index is 1.23. The van der Waals surface area contributed by atoms with Gasteiger partial charge in [-0.25, -0.2) is 24.9 Å². The predicted octanol–water partition coefficient (Wildman–Crippen LogP) is 3.60. The highest BCUT2D eigenvalue weighted by atomic mass is 32.2. The summed E-state index contributed by atoms with van der Waals surface area (Å²) in [4.78, 5) is 36.9. The average molecular weight is 531 g/mol. The Morgan fingerprint density at radius 2 is 1.92 bits per heavy atom. The summed E-state index contributed by atoms with van der Waals surface area (Å²) in [5, 5.41) is 0.957. The molecule has 1 saturated heterocycles. The highest BCUT2D eigenvalue weighted by Crippen LogP contribution is 2.47. The van der Waals surface area contributed by atoms with Crippen LogP contribution in [0.1, 0.15) is 47.6 Å². The van der Waals surface area contributed by atoms with Gasteiger partial charge < -0.3 is 25.5 Å². The molecule has 11 nitrogen and oxygen atoms in total. The number of aryl methyl sites for hydroxylation is 1. The summed E-state index contributed by atoms with van der Waals surface area (Å²) >= 11 is 1.20. The number of fused-ring (bicyclic) bond motifs is 1. The molecule has 194 valence electrons. The fourth-order valence-corrected chi connectivity index (χ4v) is 5.67. The molecule has 4 aromatic rings. The van der Waals surface area contributed by atoms with Gasteiger partial charge in [0.25, 0.3) is 5.89 Å². The number of hydrogen-bond donors (Lipinski definition) is 2. The molecular weight excluding hydrogens is 504 g/mol. The van der Waals surface area contributed by atoms with Crippen molar-refractivity contribution in [1.29, 1.82) is 0 Å². The van der Waals surface area contributed by atoms with Crippen LogP contribution in [0.3, 0.4) is 0 Å². The highest BCUT2D eigenvalue weighted by molar-refractivity contribution is 7.99. The third kappa shape index (κ3) is 4.25. The van der Waals surface area contributed by atoms with E-state index in [9.17, 15) is 4.79 Å². The van der Waals surface area contributed by atoms with E-state index in [0.29, 0.717) is 53.5 Å². The summed E-state index contributed by atoms with van der Waals surface area (Å²) in [5.74, 6) is 1.99. The molecular formula is C26H26N8O3S. The highest BCUT2D eigenvalue weighted by Gasteiger charge is 2.48. The van der Waals surface area contributed by atoms with Crippen LogP contribution in [0, 0.1) is 6.92 Å². The van der Waals surface area contributed by atoms with E-state index < -0.39 is 5.60 Å². The second-order valence-corrected chi connectivity index (χ2v) is 10.4. The van der Waals surface area contributed by atoms with Crippen LogP contribution in [-0.2, 0) is 0 Å². The molecule has 1 spiro atoms. The molecule has 1 aromatic carbocycles. The molecule has 0 aliphatic carbocycles. The lowest BCUT2D eigenvalue weighted by molar-refractivity contribution is 0.0430. The molecule has 0 bridgehead atoms. The van der Waals surface area contributed by atoms with Crippen LogP contribution in [0.5, 0.6) is 5.75 Å². The zero-order valence-corrected chi connectivity index (χ0v) is 21.7. The maximum absolute atomic E-state index is 12.6. The lowest BCUT2D eigenvalue weighted by Gasteiger charge is -2.41. The molecule has 6 rings (SSSR count). The molecule has 2 aliphatic rings. The Bertz CT molecular complexity index is 1530. The largest absolute Gasteiger partial charge is 0.485 e. The van der Waals surface area contributed by atoms with E-state index in [1.807, 2.05) is 36.1 Å². The fraction of sp³-hybridized carbons (Fsp3) is 0.308. The monoisotopic (exact) mass is 530 g/mol. The van der Waals surface area contributed by atoms with E-state index in [4.69, 9.17) is 20.6 Å². The van der Waals surface area contributed by atoms with Crippen molar-refractivity contribution in [1.82, 2.24) is 24.9 Å². The van der Waals surface area contributed by atoms with Crippen molar-refractivity contribution in [2.45, 2.75) is 48.4 Å². The van der Waals surface area contributed by atoms with Crippen molar-refractivity contribution in [2.75, 3.05) is 23.7 Å². The number of para-hydroxylation sites is 1. The number of nitrogens with two attached hydrogens (primary N) is 2. The number of benzene rings is 1. The number of hydrogen-bond acceptors (Lipinski definition) is 12. The number of carbonyl (C=O) groups is 1. The standard InChI is InChI=1S/C26H26N8O3S/c1-14-13-36-24(30-14)22-29-10-7-18(31-22)38-25-21(28)33-23(19(32-25)15(2)35)34-11-8-26(9-12-34)20(27)16-5-3-4-6-17(16)37-26/h3-7,10,13,20H,8-9,11-12,27H2,1-2H3,(H2,28,33)/t20-/m1/s1. The minimum Gasteiger partial charge on any atom is -0.485 e. The first-order valence-electron chi connectivity index (χ1n) is 12.2. The first-order chi connectivity index (χ1) is 18.3. The molecule has 1 fully saturated rings. The lowest BCUT2D eigenvalue weighted by Crippen LogP contribution is -2.52. The van der Waals surface area contributed by atoms with E-state index >= 15 is 0 Å². The van der Waals surface area contributed by atoms with E-state index in [-0.39, 0.29) is 23.3 Å². The average Bonchev–Trinajstić information content (AvgIpc) is 3.47. The third-order valence-corrected chi connectivity index (χ3v) is 7.82. The van der Waals surface area contributed by atoms with Crippen LogP contribution < -0.4 is 21.1 Å². The summed E-state index contributed by atoms with van der Waals surface area (Å²) in [7, 11) is 0. The van der Waals surface area contributed by atoms with Crippen molar-refractivity contribution in [3.8, 4) is 17.5 Å². The molecule has 0 saturated carbocycles.